The SMILES string of the molecule is COC(=O)N1CC[C@]2(c3cccc4c3N[C@H]3N(C(=O)OC)CC[C@@]43[C@]34CCN(C(=O)OC)[C@H]3Nc3c([C@]56CCNC5Nc5ccccc56)cccc34)c3ccccc3NC12. The number of nitrogens with zero attached hydrogens (tertiary/aromatic N) is 3. The topological polar surface area (TPSA) is 149 Å². The van der Waals surface area contributed by atoms with Gasteiger partial charge in [-0.25, -0.2) is 14.4 Å². The van der Waals surface area contributed by atoms with Gasteiger partial charge in [0.25, 0.3) is 0 Å². The molecule has 3 amide bonds. The lowest BCUT2D eigenvalue weighted by atomic mass is 9.54. The van der Waals surface area contributed by atoms with E-state index in [-0.39, 0.29) is 17.7 Å². The summed E-state index contributed by atoms with van der Waals surface area (Å²) in [6.45, 7) is 2.28. The molecule has 0 spiro atoms. The van der Waals surface area contributed by atoms with E-state index in [9.17, 15) is 14.4 Å². The van der Waals surface area contributed by atoms with E-state index in [1.54, 1.807) is 4.90 Å². The molecule has 12 rings (SSSR count). The standard InChI is InChI=1S/C46H48N8O6/c1-58-40(55)52-23-19-44(27-11-5-7-17-33(27)49-37(44)52)29-13-9-15-31-35(29)51-39-46(31,21-25-54(39)42(57)60-3)45-20-24-53(41(56)59-2)38(45)50-34-28(12-8-14-30(34)45)43-18-22-47-36(43)48-32-16-6-4-10-26(32)43/h4-17,36-39,47-51H,18-25H2,1-3H3/t36?,37?,38-,39+,43-,44-,45+,46-/m1/s1. The number of para-hydroxylation sites is 4. The Morgan fingerprint density at radius 2 is 0.950 bits per heavy atom. The molecule has 5 N–H and O–H groups in total. The maximum absolute atomic E-state index is 14.0. The fourth-order valence-electron chi connectivity index (χ4n) is 13.8. The third kappa shape index (κ3) is 3.97. The summed E-state index contributed by atoms with van der Waals surface area (Å²) >= 11 is 0. The minimum atomic E-state index is -0.744. The zero-order chi connectivity index (χ0) is 40.8. The summed E-state index contributed by atoms with van der Waals surface area (Å²) in [6, 6.07) is 30.1. The van der Waals surface area contributed by atoms with Gasteiger partial charge in [0.2, 0.25) is 0 Å². The van der Waals surface area contributed by atoms with Crippen molar-refractivity contribution in [3.05, 3.63) is 118 Å². The molecule has 0 aliphatic carbocycles. The molecule has 8 heterocycles. The van der Waals surface area contributed by atoms with Crippen LogP contribution in [0.3, 0.4) is 0 Å². The molecule has 4 saturated heterocycles. The summed E-state index contributed by atoms with van der Waals surface area (Å²) in [5.74, 6) is 0. The summed E-state index contributed by atoms with van der Waals surface area (Å²) in [4.78, 5) is 46.9. The van der Waals surface area contributed by atoms with Crippen LogP contribution in [0.1, 0.15) is 59.1 Å². The number of amides is 3. The Kier molecular flexibility index (Phi) is 7.28. The molecule has 308 valence electrons. The average Bonchev–Trinajstić information content (AvgIpc) is 4.14. The monoisotopic (exact) mass is 808 g/mol. The van der Waals surface area contributed by atoms with Gasteiger partial charge in [0.1, 0.15) is 18.5 Å². The zero-order valence-corrected chi connectivity index (χ0v) is 33.8. The Labute approximate surface area is 347 Å². The van der Waals surface area contributed by atoms with Gasteiger partial charge in [-0.2, -0.15) is 0 Å². The number of hydrogen-bond donors (Lipinski definition) is 5. The van der Waals surface area contributed by atoms with Crippen molar-refractivity contribution in [2.45, 2.75) is 72.0 Å². The minimum Gasteiger partial charge on any atom is -0.453 e. The third-order valence-corrected chi connectivity index (χ3v) is 16.0. The van der Waals surface area contributed by atoms with Gasteiger partial charge in [-0.1, -0.05) is 72.8 Å². The highest BCUT2D eigenvalue weighted by molar-refractivity contribution is 5.85. The smallest absolute Gasteiger partial charge is 0.411 e. The summed E-state index contributed by atoms with van der Waals surface area (Å²) in [7, 11) is 4.31. The van der Waals surface area contributed by atoms with Crippen LogP contribution in [0.25, 0.3) is 0 Å². The lowest BCUT2D eigenvalue weighted by molar-refractivity contribution is 0.0908. The first-order valence-electron chi connectivity index (χ1n) is 21.1. The van der Waals surface area contributed by atoms with E-state index in [1.165, 1.54) is 32.5 Å². The van der Waals surface area contributed by atoms with E-state index >= 15 is 0 Å². The van der Waals surface area contributed by atoms with E-state index < -0.39 is 46.9 Å². The van der Waals surface area contributed by atoms with Gasteiger partial charge in [0, 0.05) is 42.4 Å². The van der Waals surface area contributed by atoms with E-state index in [0.717, 1.165) is 58.0 Å². The molecule has 0 bridgehead atoms. The van der Waals surface area contributed by atoms with E-state index in [1.807, 2.05) is 15.9 Å². The molecule has 8 atom stereocenters. The molecule has 0 saturated carbocycles. The molecule has 60 heavy (non-hydrogen) atoms. The van der Waals surface area contributed by atoms with Gasteiger partial charge >= 0.3 is 18.3 Å². The fourth-order valence-corrected chi connectivity index (χ4v) is 13.8. The number of anilines is 4. The minimum absolute atomic E-state index is 0.00833. The van der Waals surface area contributed by atoms with Gasteiger partial charge in [-0.05, 0) is 77.7 Å². The molecule has 0 radical (unpaired) electrons. The number of methoxy groups -OCH3 is 3. The van der Waals surface area contributed by atoms with Crippen LogP contribution in [0.5, 0.6) is 0 Å². The Morgan fingerprint density at radius 3 is 1.52 bits per heavy atom. The van der Waals surface area contributed by atoms with Crippen molar-refractivity contribution in [1.29, 1.82) is 0 Å². The summed E-state index contributed by atoms with van der Waals surface area (Å²) in [6.07, 6.45) is 0.200. The first-order valence-corrected chi connectivity index (χ1v) is 21.1. The van der Waals surface area contributed by atoms with Crippen LogP contribution in [-0.4, -0.2) is 105 Å². The first kappa shape index (κ1) is 35.8. The van der Waals surface area contributed by atoms with Crippen LogP contribution in [0, 0.1) is 0 Å². The molecule has 14 nitrogen and oxygen atoms in total. The predicted molar refractivity (Wildman–Crippen MR) is 224 cm³/mol. The molecule has 4 aromatic carbocycles. The number of hydrogen-bond acceptors (Lipinski definition) is 11. The van der Waals surface area contributed by atoms with E-state index in [4.69, 9.17) is 14.2 Å². The summed E-state index contributed by atoms with van der Waals surface area (Å²) in [5.41, 5.74) is 8.47. The second-order valence-electron chi connectivity index (χ2n) is 17.6. The quantitative estimate of drug-likeness (QED) is 0.159. The Balaban J connectivity index is 1.11. The first-order chi connectivity index (χ1) is 29.3. The van der Waals surface area contributed by atoms with Crippen molar-refractivity contribution in [2.75, 3.05) is 68.8 Å². The zero-order valence-electron chi connectivity index (χ0n) is 33.8. The molecule has 14 heteroatoms. The molecule has 0 aromatic heterocycles. The third-order valence-electron chi connectivity index (χ3n) is 16.0. The van der Waals surface area contributed by atoms with Gasteiger partial charge in [-0.3, -0.25) is 20.0 Å². The molecule has 4 fully saturated rings. The van der Waals surface area contributed by atoms with Crippen LogP contribution < -0.4 is 26.6 Å². The van der Waals surface area contributed by atoms with Crippen molar-refractivity contribution in [3.63, 3.8) is 0 Å². The molecule has 2 unspecified atom stereocenters. The van der Waals surface area contributed by atoms with Crippen molar-refractivity contribution in [3.8, 4) is 0 Å². The van der Waals surface area contributed by atoms with Gasteiger partial charge < -0.3 is 35.5 Å². The summed E-state index contributed by atoms with van der Waals surface area (Å²) in [5, 5.41) is 19.3. The van der Waals surface area contributed by atoms with Crippen LogP contribution in [0.15, 0.2) is 84.9 Å². The Hall–Kier alpha value is -6.15. The highest BCUT2D eigenvalue weighted by Crippen LogP contribution is 2.69. The van der Waals surface area contributed by atoms with Crippen LogP contribution in [0.4, 0.5) is 37.1 Å². The van der Waals surface area contributed by atoms with Gasteiger partial charge in [0.15, 0.2) is 0 Å². The number of fused-ring (bicyclic) bond motifs is 13. The number of ether oxygens (including phenoxy) is 3. The maximum Gasteiger partial charge on any atom is 0.411 e. The number of benzene rings is 4. The summed E-state index contributed by atoms with van der Waals surface area (Å²) < 4.78 is 16.4. The van der Waals surface area contributed by atoms with Crippen molar-refractivity contribution < 1.29 is 28.6 Å². The number of likely N-dealkylation sites (tertiary alicyclic amines) is 3. The molecule has 8 aliphatic heterocycles. The Bertz CT molecular complexity index is 2540. The lowest BCUT2D eigenvalue weighted by Gasteiger charge is -2.48. The number of nitrogens with one attached hydrogen (secondary N) is 5. The molecule has 4 aromatic rings. The lowest BCUT2D eigenvalue weighted by Crippen LogP contribution is -2.61. The predicted octanol–water partition coefficient (Wildman–Crippen LogP) is 5.85. The normalized spacial score (nSPS) is 32.9. The van der Waals surface area contributed by atoms with Crippen LogP contribution in [0.2, 0.25) is 0 Å². The second-order valence-corrected chi connectivity index (χ2v) is 17.6. The van der Waals surface area contributed by atoms with Crippen LogP contribution in [-0.2, 0) is 35.9 Å². The molecule has 8 aliphatic rings. The largest absolute Gasteiger partial charge is 0.453 e. The van der Waals surface area contributed by atoms with Crippen LogP contribution >= 0.6 is 0 Å². The van der Waals surface area contributed by atoms with Gasteiger partial charge in [-0.15, -0.1) is 0 Å². The highest BCUT2D eigenvalue weighted by atomic mass is 16.6. The van der Waals surface area contributed by atoms with Crippen molar-refractivity contribution >= 4 is 41.0 Å². The number of rotatable bonds is 3. The average molecular weight is 809 g/mol. The second kappa shape index (κ2) is 12.2. The number of carbonyl (C=O) groups is 3. The fraction of sp³-hybridized carbons (Fsp3) is 0.413. The van der Waals surface area contributed by atoms with E-state index in [2.05, 4.69) is 105 Å². The molecular weight excluding hydrogens is 761 g/mol. The Morgan fingerprint density at radius 1 is 0.500 bits per heavy atom. The maximum atomic E-state index is 14.0. The van der Waals surface area contributed by atoms with Gasteiger partial charge in [0.05, 0.1) is 49.2 Å². The van der Waals surface area contributed by atoms with Crippen molar-refractivity contribution in [1.82, 2.24) is 20.0 Å². The number of carbonyl (C=O) groups excluding carboxylic acids is 3. The molecular formula is C46H48N8O6. The van der Waals surface area contributed by atoms with Crippen molar-refractivity contribution in [2.24, 2.45) is 0 Å². The highest BCUT2D eigenvalue weighted by Gasteiger charge is 2.74. The van der Waals surface area contributed by atoms with E-state index in [0.29, 0.717) is 38.9 Å².